The molecule has 2 rings (SSSR count). The van der Waals surface area contributed by atoms with Crippen molar-refractivity contribution in [2.45, 2.75) is 32.9 Å². The lowest BCUT2D eigenvalue weighted by molar-refractivity contribution is 0.0946. The molecule has 4 nitrogen and oxygen atoms in total. The van der Waals surface area contributed by atoms with Crippen LogP contribution in [0.3, 0.4) is 0 Å². The second-order valence-electron chi connectivity index (χ2n) is 6.12. The average Bonchev–Trinajstić information content (AvgIpc) is 2.45. The Bertz CT molecular complexity index is 630. The van der Waals surface area contributed by atoms with Gasteiger partial charge in [-0.15, -0.1) is 0 Å². The van der Waals surface area contributed by atoms with Gasteiger partial charge in [0, 0.05) is 12.1 Å². The smallest absolute Gasteiger partial charge is 0.270 e. The monoisotopic (exact) mass is 301 g/mol. The zero-order chi connectivity index (χ0) is 16.2. The van der Waals surface area contributed by atoms with Crippen LogP contribution in [0.15, 0.2) is 42.6 Å². The fraction of sp³-hybridized carbons (Fsp3) is 0.294. The van der Waals surface area contributed by atoms with Crippen LogP contribution in [-0.4, -0.2) is 16.4 Å². The first-order valence-electron chi connectivity index (χ1n) is 7.10. The summed E-state index contributed by atoms with van der Waals surface area (Å²) in [7, 11) is 0. The van der Waals surface area contributed by atoms with Crippen LogP contribution >= 0.6 is 0 Å². The summed E-state index contributed by atoms with van der Waals surface area (Å²) in [6.07, 6.45) is 1.64. The van der Waals surface area contributed by atoms with Gasteiger partial charge in [-0.1, -0.05) is 12.1 Å². The van der Waals surface area contributed by atoms with Crippen LogP contribution in [0, 0.1) is 5.82 Å². The highest BCUT2D eigenvalue weighted by Gasteiger charge is 2.11. The van der Waals surface area contributed by atoms with E-state index >= 15 is 0 Å². The number of amides is 1. The Morgan fingerprint density at radius 1 is 1.14 bits per heavy atom. The van der Waals surface area contributed by atoms with Crippen molar-refractivity contribution < 1.29 is 9.18 Å². The first-order chi connectivity index (χ1) is 10.3. The zero-order valence-electron chi connectivity index (χ0n) is 13.0. The lowest BCUT2D eigenvalue weighted by Crippen LogP contribution is -2.26. The molecule has 2 aromatic rings. The minimum atomic E-state index is -0.293. The Hall–Kier alpha value is -2.43. The largest absolute Gasteiger partial charge is 0.379 e. The predicted octanol–water partition coefficient (Wildman–Crippen LogP) is 3.36. The fourth-order valence-electron chi connectivity index (χ4n) is 1.91. The van der Waals surface area contributed by atoms with Crippen LogP contribution in [0.1, 0.15) is 36.8 Å². The summed E-state index contributed by atoms with van der Waals surface area (Å²) in [6, 6.07) is 9.51. The number of carbonyl (C=O) groups excluding carboxylic acids is 1. The van der Waals surface area contributed by atoms with E-state index in [9.17, 15) is 9.18 Å². The second kappa shape index (κ2) is 6.56. The minimum Gasteiger partial charge on any atom is -0.379 e. The van der Waals surface area contributed by atoms with Crippen molar-refractivity contribution in [3.05, 3.63) is 59.7 Å². The zero-order valence-corrected chi connectivity index (χ0v) is 13.0. The van der Waals surface area contributed by atoms with Crippen LogP contribution in [0.5, 0.6) is 0 Å². The molecule has 0 bridgehead atoms. The summed E-state index contributed by atoms with van der Waals surface area (Å²) in [5.41, 5.74) is 1.98. The van der Waals surface area contributed by atoms with Crippen molar-refractivity contribution in [3.8, 4) is 0 Å². The Balaban J connectivity index is 1.93. The summed E-state index contributed by atoms with van der Waals surface area (Å²) in [4.78, 5) is 16.2. The molecule has 1 heterocycles. The molecule has 0 saturated heterocycles. The number of benzene rings is 1. The van der Waals surface area contributed by atoms with E-state index in [1.165, 1.54) is 12.1 Å². The van der Waals surface area contributed by atoms with Gasteiger partial charge in [0.25, 0.3) is 5.91 Å². The van der Waals surface area contributed by atoms with Crippen LogP contribution in [0.4, 0.5) is 10.1 Å². The predicted molar refractivity (Wildman–Crippen MR) is 85.2 cm³/mol. The molecular formula is C17H20FN3O. The molecule has 0 aliphatic rings. The van der Waals surface area contributed by atoms with Crippen molar-refractivity contribution >= 4 is 11.6 Å². The van der Waals surface area contributed by atoms with E-state index in [0.29, 0.717) is 12.2 Å². The third-order valence-electron chi connectivity index (χ3n) is 2.88. The van der Waals surface area contributed by atoms with Gasteiger partial charge in [0.05, 0.1) is 11.9 Å². The van der Waals surface area contributed by atoms with Crippen molar-refractivity contribution in [2.75, 3.05) is 5.32 Å². The molecule has 0 aliphatic heterocycles. The minimum absolute atomic E-state index is 0.0615. The maximum atomic E-state index is 12.8. The average molecular weight is 301 g/mol. The number of rotatable bonds is 4. The number of nitrogens with zero attached hydrogens (tertiary/aromatic N) is 1. The molecule has 5 heteroatoms. The van der Waals surface area contributed by atoms with E-state index < -0.39 is 0 Å². The molecule has 1 amide bonds. The van der Waals surface area contributed by atoms with E-state index in [-0.39, 0.29) is 17.3 Å². The Labute approximate surface area is 129 Å². The van der Waals surface area contributed by atoms with Gasteiger partial charge in [-0.2, -0.15) is 0 Å². The molecule has 22 heavy (non-hydrogen) atoms. The van der Waals surface area contributed by atoms with Gasteiger partial charge in [0.1, 0.15) is 11.5 Å². The van der Waals surface area contributed by atoms with Crippen molar-refractivity contribution in [3.63, 3.8) is 0 Å². The number of halogens is 1. The lowest BCUT2D eigenvalue weighted by atomic mass is 10.1. The maximum Gasteiger partial charge on any atom is 0.270 e. The number of hydrogen-bond acceptors (Lipinski definition) is 3. The molecule has 0 spiro atoms. The van der Waals surface area contributed by atoms with E-state index in [4.69, 9.17) is 0 Å². The third kappa shape index (κ3) is 4.84. The van der Waals surface area contributed by atoms with Crippen LogP contribution in [0.2, 0.25) is 0 Å². The van der Waals surface area contributed by atoms with Gasteiger partial charge in [-0.3, -0.25) is 4.79 Å². The number of hydrogen-bond donors (Lipinski definition) is 2. The Morgan fingerprint density at radius 2 is 1.82 bits per heavy atom. The number of carbonyl (C=O) groups is 1. The second-order valence-corrected chi connectivity index (χ2v) is 6.12. The lowest BCUT2D eigenvalue weighted by Gasteiger charge is -2.21. The molecular weight excluding hydrogens is 281 g/mol. The van der Waals surface area contributed by atoms with E-state index in [2.05, 4.69) is 36.4 Å². The topological polar surface area (TPSA) is 54.0 Å². The summed E-state index contributed by atoms with van der Waals surface area (Å²) in [5.74, 6) is -0.551. The van der Waals surface area contributed by atoms with Gasteiger partial charge < -0.3 is 10.6 Å². The van der Waals surface area contributed by atoms with Crippen molar-refractivity contribution in [2.24, 2.45) is 0 Å². The standard InChI is InChI=1S/C17H20FN3O/c1-17(2,3)21-14-8-9-15(19-11-14)16(22)20-10-12-4-6-13(18)7-5-12/h4-9,11,21H,10H2,1-3H3,(H,20,22). The summed E-state index contributed by atoms with van der Waals surface area (Å²) in [6.45, 7) is 6.49. The van der Waals surface area contributed by atoms with Crippen molar-refractivity contribution in [1.82, 2.24) is 10.3 Å². The fourth-order valence-corrected chi connectivity index (χ4v) is 1.91. The number of nitrogens with one attached hydrogen (secondary N) is 2. The van der Waals surface area contributed by atoms with Gasteiger partial charge in [0.2, 0.25) is 0 Å². The van der Waals surface area contributed by atoms with Crippen LogP contribution in [-0.2, 0) is 6.54 Å². The Morgan fingerprint density at radius 3 is 2.36 bits per heavy atom. The van der Waals surface area contributed by atoms with Gasteiger partial charge in [-0.25, -0.2) is 9.37 Å². The third-order valence-corrected chi connectivity index (χ3v) is 2.88. The molecule has 1 aromatic heterocycles. The van der Waals surface area contributed by atoms with Crippen LogP contribution in [0.25, 0.3) is 0 Å². The van der Waals surface area contributed by atoms with E-state index in [0.717, 1.165) is 11.3 Å². The maximum absolute atomic E-state index is 12.8. The first-order valence-corrected chi connectivity index (χ1v) is 7.10. The molecule has 0 unspecified atom stereocenters. The highest BCUT2D eigenvalue weighted by Crippen LogP contribution is 2.13. The molecule has 116 valence electrons. The van der Waals surface area contributed by atoms with Crippen molar-refractivity contribution in [1.29, 1.82) is 0 Å². The summed E-state index contributed by atoms with van der Waals surface area (Å²) >= 11 is 0. The molecule has 0 atom stereocenters. The molecule has 1 aromatic carbocycles. The molecule has 2 N–H and O–H groups in total. The normalized spacial score (nSPS) is 11.1. The SMILES string of the molecule is CC(C)(C)Nc1ccc(C(=O)NCc2ccc(F)cc2)nc1. The molecule has 0 radical (unpaired) electrons. The van der Waals surface area contributed by atoms with Crippen LogP contribution < -0.4 is 10.6 Å². The number of anilines is 1. The summed E-state index contributed by atoms with van der Waals surface area (Å²) in [5, 5.41) is 6.04. The first kappa shape index (κ1) is 15.9. The van der Waals surface area contributed by atoms with E-state index in [1.54, 1.807) is 24.4 Å². The number of aromatic nitrogens is 1. The van der Waals surface area contributed by atoms with Gasteiger partial charge >= 0.3 is 0 Å². The molecule has 0 aliphatic carbocycles. The molecule has 0 fully saturated rings. The molecule has 0 saturated carbocycles. The van der Waals surface area contributed by atoms with E-state index in [1.807, 2.05) is 6.07 Å². The number of pyridine rings is 1. The highest BCUT2D eigenvalue weighted by molar-refractivity contribution is 5.92. The highest BCUT2D eigenvalue weighted by atomic mass is 19.1. The Kier molecular flexibility index (Phi) is 4.75. The van der Waals surface area contributed by atoms with Gasteiger partial charge in [-0.05, 0) is 50.6 Å². The van der Waals surface area contributed by atoms with Gasteiger partial charge in [0.15, 0.2) is 0 Å². The quantitative estimate of drug-likeness (QED) is 0.910. The summed E-state index contributed by atoms with van der Waals surface area (Å²) < 4.78 is 12.8.